The molecule has 0 fully saturated rings. The van der Waals surface area contributed by atoms with Gasteiger partial charge >= 0.3 is 6.16 Å². The summed E-state index contributed by atoms with van der Waals surface area (Å²) in [4.78, 5) is 11.0. The first-order valence-electron chi connectivity index (χ1n) is 5.48. The summed E-state index contributed by atoms with van der Waals surface area (Å²) in [5.74, 6) is -0.0576. The Morgan fingerprint density at radius 1 is 0.900 bits per heavy atom. The van der Waals surface area contributed by atoms with E-state index < -0.39 is 21.2 Å². The van der Waals surface area contributed by atoms with Gasteiger partial charge in [0.2, 0.25) is 0 Å². The molecule has 0 atom stereocenters. The lowest BCUT2D eigenvalue weighted by Crippen LogP contribution is -2.15. The van der Waals surface area contributed by atoms with Crippen molar-refractivity contribution in [3.63, 3.8) is 0 Å². The quantitative estimate of drug-likeness (QED) is 0.531. The lowest BCUT2D eigenvalue weighted by Gasteiger charge is -2.08. The second-order valence-electron chi connectivity index (χ2n) is 3.69. The molecule has 0 saturated carbocycles. The van der Waals surface area contributed by atoms with E-state index in [-0.39, 0.29) is 11.5 Å². The lowest BCUT2D eigenvalue weighted by molar-refractivity contribution is 0.150. The van der Waals surface area contributed by atoms with Crippen molar-refractivity contribution in [1.82, 2.24) is 0 Å². The van der Waals surface area contributed by atoms with E-state index >= 15 is 0 Å². The molecule has 0 aromatic heterocycles. The molecule has 0 aliphatic heterocycles. The number of hydrogen-bond donors (Lipinski definition) is 1. The molecule has 0 aliphatic carbocycles. The highest BCUT2D eigenvalue weighted by Crippen LogP contribution is 2.23. The van der Waals surface area contributed by atoms with Gasteiger partial charge in [0.25, 0.3) is 10.1 Å². The van der Waals surface area contributed by atoms with Crippen molar-refractivity contribution in [3.8, 4) is 11.5 Å². The standard InChI is InChI=1S/C13H10O6S/c14-13(18-10-6-2-1-3-7-10)19-11-8-4-5-9-12(11)20(15,16)17/h1-9H,(H,15,16,17). The van der Waals surface area contributed by atoms with Gasteiger partial charge in [-0.3, -0.25) is 4.55 Å². The Kier molecular flexibility index (Phi) is 4.02. The molecule has 2 aromatic rings. The number of carbonyl (C=O) groups is 1. The van der Waals surface area contributed by atoms with E-state index in [4.69, 9.17) is 14.0 Å². The number of benzene rings is 2. The Labute approximate surface area is 115 Å². The van der Waals surface area contributed by atoms with Crippen molar-refractivity contribution in [1.29, 1.82) is 0 Å². The van der Waals surface area contributed by atoms with Gasteiger partial charge in [0.1, 0.15) is 10.6 Å². The monoisotopic (exact) mass is 294 g/mol. The first-order chi connectivity index (χ1) is 9.47. The Morgan fingerprint density at radius 2 is 1.50 bits per heavy atom. The van der Waals surface area contributed by atoms with E-state index in [1.165, 1.54) is 30.3 Å². The molecule has 1 N–H and O–H groups in total. The molecule has 2 aromatic carbocycles. The second kappa shape index (κ2) is 5.72. The van der Waals surface area contributed by atoms with Crippen LogP contribution in [0.2, 0.25) is 0 Å². The summed E-state index contributed by atoms with van der Waals surface area (Å²) in [6, 6.07) is 13.3. The van der Waals surface area contributed by atoms with Gasteiger partial charge in [0.05, 0.1) is 0 Å². The highest BCUT2D eigenvalue weighted by molar-refractivity contribution is 7.86. The lowest BCUT2D eigenvalue weighted by atomic mass is 10.3. The number of hydrogen-bond acceptors (Lipinski definition) is 5. The van der Waals surface area contributed by atoms with Gasteiger partial charge in [-0.1, -0.05) is 30.3 Å². The maximum Gasteiger partial charge on any atom is 0.519 e. The van der Waals surface area contributed by atoms with E-state index in [1.807, 2.05) is 0 Å². The Balaban J connectivity index is 2.17. The highest BCUT2D eigenvalue weighted by atomic mass is 32.2. The van der Waals surface area contributed by atoms with Crippen LogP contribution in [0.15, 0.2) is 59.5 Å². The van der Waals surface area contributed by atoms with Gasteiger partial charge < -0.3 is 9.47 Å². The van der Waals surface area contributed by atoms with Crippen LogP contribution < -0.4 is 9.47 Å². The fourth-order valence-corrected chi connectivity index (χ4v) is 2.06. The third-order valence-corrected chi connectivity index (χ3v) is 3.16. The van der Waals surface area contributed by atoms with Crippen molar-refractivity contribution in [2.24, 2.45) is 0 Å². The summed E-state index contributed by atoms with van der Waals surface area (Å²) in [5.41, 5.74) is 0. The van der Waals surface area contributed by atoms with E-state index in [2.05, 4.69) is 0 Å². The third kappa shape index (κ3) is 3.56. The number of carbonyl (C=O) groups excluding carboxylic acids is 1. The van der Waals surface area contributed by atoms with Gasteiger partial charge in [-0.25, -0.2) is 4.79 Å². The minimum absolute atomic E-state index is 0.252. The van der Waals surface area contributed by atoms with Crippen LogP contribution in [-0.4, -0.2) is 19.1 Å². The zero-order chi connectivity index (χ0) is 14.6. The summed E-state index contributed by atoms with van der Waals surface area (Å²) in [5, 5.41) is 0. The van der Waals surface area contributed by atoms with E-state index in [0.717, 1.165) is 6.07 Å². The van der Waals surface area contributed by atoms with Crippen LogP contribution in [0.5, 0.6) is 11.5 Å². The number of para-hydroxylation sites is 2. The molecule has 2 rings (SSSR count). The topological polar surface area (TPSA) is 89.9 Å². The molecule has 0 bridgehead atoms. The fourth-order valence-electron chi connectivity index (χ4n) is 1.44. The SMILES string of the molecule is O=C(Oc1ccccc1)Oc1ccccc1S(=O)(=O)O. The van der Waals surface area contributed by atoms with E-state index in [0.29, 0.717) is 0 Å². The number of ether oxygens (including phenoxy) is 2. The molecular weight excluding hydrogens is 284 g/mol. The summed E-state index contributed by atoms with van der Waals surface area (Å²) in [7, 11) is -4.48. The van der Waals surface area contributed by atoms with Crippen molar-refractivity contribution >= 4 is 16.3 Å². The highest BCUT2D eigenvalue weighted by Gasteiger charge is 2.19. The normalized spacial score (nSPS) is 10.8. The van der Waals surface area contributed by atoms with Crippen molar-refractivity contribution < 1.29 is 27.2 Å². The second-order valence-corrected chi connectivity index (χ2v) is 5.08. The van der Waals surface area contributed by atoms with Crippen molar-refractivity contribution in [2.45, 2.75) is 4.90 Å². The molecule has 0 amide bonds. The molecule has 0 saturated heterocycles. The zero-order valence-electron chi connectivity index (χ0n) is 10.1. The van der Waals surface area contributed by atoms with Crippen LogP contribution in [0.1, 0.15) is 0 Å². The van der Waals surface area contributed by atoms with Crippen LogP contribution in [-0.2, 0) is 10.1 Å². The first-order valence-corrected chi connectivity index (χ1v) is 6.92. The van der Waals surface area contributed by atoms with Crippen LogP contribution in [0.3, 0.4) is 0 Å². The Morgan fingerprint density at radius 3 is 2.15 bits per heavy atom. The molecule has 0 radical (unpaired) electrons. The van der Waals surface area contributed by atoms with Gasteiger partial charge in [-0.2, -0.15) is 8.42 Å². The molecule has 0 unspecified atom stereocenters. The summed E-state index contributed by atoms with van der Waals surface area (Å²) in [6.07, 6.45) is -1.10. The molecule has 0 heterocycles. The van der Waals surface area contributed by atoms with Crippen molar-refractivity contribution in [3.05, 3.63) is 54.6 Å². The van der Waals surface area contributed by atoms with Crippen LogP contribution in [0.25, 0.3) is 0 Å². The predicted octanol–water partition coefficient (Wildman–Crippen LogP) is 2.51. The minimum Gasteiger partial charge on any atom is -0.395 e. The van der Waals surface area contributed by atoms with Crippen LogP contribution in [0.4, 0.5) is 4.79 Å². The van der Waals surface area contributed by atoms with Crippen LogP contribution in [0, 0.1) is 0 Å². The molecule has 20 heavy (non-hydrogen) atoms. The third-order valence-electron chi connectivity index (χ3n) is 2.26. The zero-order valence-corrected chi connectivity index (χ0v) is 10.9. The predicted molar refractivity (Wildman–Crippen MR) is 69.4 cm³/mol. The summed E-state index contributed by atoms with van der Waals surface area (Å²) in [6.45, 7) is 0. The van der Waals surface area contributed by atoms with E-state index in [1.54, 1.807) is 18.2 Å². The summed E-state index contributed by atoms with van der Waals surface area (Å²) < 4.78 is 40.9. The molecule has 7 heteroatoms. The maximum atomic E-state index is 11.5. The molecule has 0 spiro atoms. The average molecular weight is 294 g/mol. The molecular formula is C13H10O6S. The first kappa shape index (κ1) is 14.0. The fraction of sp³-hybridized carbons (Fsp3) is 0. The van der Waals surface area contributed by atoms with E-state index in [9.17, 15) is 13.2 Å². The van der Waals surface area contributed by atoms with Gasteiger partial charge in [-0.05, 0) is 24.3 Å². The number of rotatable bonds is 3. The van der Waals surface area contributed by atoms with Gasteiger partial charge in [-0.15, -0.1) is 0 Å². The Hall–Kier alpha value is -2.38. The molecule has 104 valence electrons. The average Bonchev–Trinajstić information content (AvgIpc) is 2.39. The summed E-state index contributed by atoms with van der Waals surface area (Å²) >= 11 is 0. The largest absolute Gasteiger partial charge is 0.519 e. The molecule has 6 nitrogen and oxygen atoms in total. The van der Waals surface area contributed by atoms with Gasteiger partial charge in [0.15, 0.2) is 5.75 Å². The Bertz CT molecular complexity index is 709. The van der Waals surface area contributed by atoms with Gasteiger partial charge in [0, 0.05) is 0 Å². The van der Waals surface area contributed by atoms with Crippen molar-refractivity contribution in [2.75, 3.05) is 0 Å². The van der Waals surface area contributed by atoms with Crippen LogP contribution >= 0.6 is 0 Å². The molecule has 0 aliphatic rings. The minimum atomic E-state index is -4.48. The smallest absolute Gasteiger partial charge is 0.395 e. The maximum absolute atomic E-state index is 11.5.